The van der Waals surface area contributed by atoms with Gasteiger partial charge >= 0.3 is 0 Å². The molecule has 0 amide bonds. The Hall–Kier alpha value is -1.85. The molecule has 1 aliphatic rings. The number of rotatable bonds is 4. The highest BCUT2D eigenvalue weighted by molar-refractivity contribution is 7.96. The molecule has 0 aliphatic heterocycles. The van der Waals surface area contributed by atoms with Crippen LogP contribution in [0, 0.1) is 5.92 Å². The molecule has 1 N–H and O–H groups in total. The van der Waals surface area contributed by atoms with Crippen molar-refractivity contribution >= 4 is 9.73 Å². The van der Waals surface area contributed by atoms with E-state index in [4.69, 9.17) is 4.42 Å². The highest BCUT2D eigenvalue weighted by Gasteiger charge is 2.31. The van der Waals surface area contributed by atoms with Gasteiger partial charge in [-0.2, -0.15) is 0 Å². The van der Waals surface area contributed by atoms with Gasteiger partial charge in [-0.25, -0.2) is 8.57 Å². The van der Waals surface area contributed by atoms with E-state index in [0.29, 0.717) is 10.7 Å². The number of nitrogens with zero attached hydrogens (tertiary/aromatic N) is 1. The Morgan fingerprint density at radius 1 is 1.30 bits per heavy atom. The molecule has 5 heteroatoms. The van der Waals surface area contributed by atoms with E-state index < -0.39 is 15.8 Å². The monoisotopic (exact) mass is 331 g/mol. The van der Waals surface area contributed by atoms with E-state index in [9.17, 15) is 9.32 Å². The van der Waals surface area contributed by atoms with Crippen molar-refractivity contribution in [3.8, 4) is 0 Å². The van der Waals surface area contributed by atoms with E-state index in [2.05, 4.69) is 4.36 Å². The lowest BCUT2D eigenvalue weighted by Gasteiger charge is -2.18. The Kier molecular flexibility index (Phi) is 4.68. The van der Waals surface area contributed by atoms with Gasteiger partial charge in [0.2, 0.25) is 0 Å². The zero-order valence-electron chi connectivity index (χ0n) is 13.1. The van der Waals surface area contributed by atoms with E-state index in [1.807, 2.05) is 30.3 Å². The van der Waals surface area contributed by atoms with Gasteiger partial charge in [-0.05, 0) is 43.5 Å². The molecule has 1 aromatic heterocycles. The maximum atomic E-state index is 13.2. The Labute approximate surface area is 137 Å². The smallest absolute Gasteiger partial charge is 0.132 e. The van der Waals surface area contributed by atoms with E-state index in [0.717, 1.165) is 24.8 Å². The number of hydrogen-bond donors (Lipinski definition) is 1. The van der Waals surface area contributed by atoms with Crippen LogP contribution in [-0.2, 0) is 9.73 Å². The molecule has 122 valence electrons. The molecule has 1 aromatic carbocycles. The summed E-state index contributed by atoms with van der Waals surface area (Å²) in [6.07, 6.45) is 3.53. The Morgan fingerprint density at radius 2 is 2.09 bits per heavy atom. The minimum absolute atomic E-state index is 0.0626. The molecule has 1 heterocycles. The Balaban J connectivity index is 1.95. The quantitative estimate of drug-likeness (QED) is 0.915. The zero-order chi connectivity index (χ0) is 16.3. The van der Waals surface area contributed by atoms with Gasteiger partial charge in [-0.15, -0.1) is 0 Å². The van der Waals surface area contributed by atoms with E-state index in [-0.39, 0.29) is 5.92 Å². The van der Waals surface area contributed by atoms with Gasteiger partial charge in [-0.1, -0.05) is 23.8 Å². The predicted octanol–water partition coefficient (Wildman–Crippen LogP) is 4.15. The second kappa shape index (κ2) is 6.72. The molecule has 0 radical (unpaired) electrons. The third-order valence-corrected chi connectivity index (χ3v) is 6.45. The largest absolute Gasteiger partial charge is 0.467 e. The second-order valence-corrected chi connectivity index (χ2v) is 7.93. The minimum atomic E-state index is -2.60. The number of furan rings is 1. The summed E-state index contributed by atoms with van der Waals surface area (Å²) in [6.45, 7) is 0. The number of aliphatic hydroxyl groups is 1. The standard InChI is InChI=1S/C18H21NO3S/c1-19-23(21,15-8-3-2-4-9-15)13-14-7-5-10-16(14)18(20)17-11-6-12-22-17/h2-4,6,8-9,11-13,16,18,20H,5,7,10H2,1H3/b14-13+/t16-,18-,23?/m1/s1. The Bertz CT molecular complexity index is 787. The van der Waals surface area contributed by atoms with Crippen molar-refractivity contribution in [2.45, 2.75) is 30.3 Å². The molecular weight excluding hydrogens is 310 g/mol. The summed E-state index contributed by atoms with van der Waals surface area (Å²) in [5.41, 5.74) is 1.01. The maximum absolute atomic E-state index is 13.2. The molecule has 1 fully saturated rings. The van der Waals surface area contributed by atoms with Crippen LogP contribution in [0.3, 0.4) is 0 Å². The lowest BCUT2D eigenvalue weighted by atomic mass is 9.95. The van der Waals surface area contributed by atoms with Crippen molar-refractivity contribution in [2.75, 3.05) is 7.05 Å². The van der Waals surface area contributed by atoms with Crippen LogP contribution < -0.4 is 0 Å². The number of benzene rings is 1. The van der Waals surface area contributed by atoms with Crippen molar-refractivity contribution in [2.24, 2.45) is 10.3 Å². The highest BCUT2D eigenvalue weighted by atomic mass is 32.2. The number of hydrogen-bond acceptors (Lipinski definition) is 4. The molecule has 1 aliphatic carbocycles. The summed E-state index contributed by atoms with van der Waals surface area (Å²) in [5.74, 6) is 0.495. The van der Waals surface area contributed by atoms with Crippen LogP contribution in [0.15, 0.2) is 73.4 Å². The number of aliphatic hydroxyl groups excluding tert-OH is 1. The average Bonchev–Trinajstić information content (AvgIpc) is 3.27. The molecule has 1 saturated carbocycles. The van der Waals surface area contributed by atoms with Crippen molar-refractivity contribution < 1.29 is 13.7 Å². The van der Waals surface area contributed by atoms with Gasteiger partial charge in [0.15, 0.2) is 0 Å². The maximum Gasteiger partial charge on any atom is 0.132 e. The van der Waals surface area contributed by atoms with Gasteiger partial charge in [0, 0.05) is 18.4 Å². The van der Waals surface area contributed by atoms with E-state index in [1.165, 1.54) is 0 Å². The van der Waals surface area contributed by atoms with Crippen LogP contribution in [0.25, 0.3) is 0 Å². The van der Waals surface area contributed by atoms with Gasteiger partial charge in [0.25, 0.3) is 0 Å². The summed E-state index contributed by atoms with van der Waals surface area (Å²) in [5, 5.41) is 12.3. The summed E-state index contributed by atoms with van der Waals surface area (Å²) < 4.78 is 22.7. The lowest BCUT2D eigenvalue weighted by Crippen LogP contribution is -2.11. The first-order valence-electron chi connectivity index (χ1n) is 7.76. The SMILES string of the molecule is CN=S(=O)(/C=C1\CCC[C@H]1[C@@H](O)c1ccco1)c1ccccc1. The minimum Gasteiger partial charge on any atom is -0.467 e. The van der Waals surface area contributed by atoms with Crippen LogP contribution in [-0.4, -0.2) is 16.4 Å². The third-order valence-electron chi connectivity index (χ3n) is 4.34. The average molecular weight is 331 g/mol. The van der Waals surface area contributed by atoms with Crippen molar-refractivity contribution in [1.29, 1.82) is 0 Å². The topological polar surface area (TPSA) is 62.8 Å². The molecule has 3 atom stereocenters. The molecule has 4 nitrogen and oxygen atoms in total. The molecule has 2 aromatic rings. The van der Waals surface area contributed by atoms with Gasteiger partial charge in [0.1, 0.15) is 11.9 Å². The lowest BCUT2D eigenvalue weighted by molar-refractivity contribution is 0.104. The molecule has 1 unspecified atom stereocenters. The first-order valence-corrected chi connectivity index (χ1v) is 9.34. The fourth-order valence-corrected chi connectivity index (χ4v) is 4.81. The first kappa shape index (κ1) is 16.0. The molecule has 0 spiro atoms. The van der Waals surface area contributed by atoms with Crippen molar-refractivity contribution in [3.05, 3.63) is 65.5 Å². The fourth-order valence-electron chi connectivity index (χ4n) is 3.11. The summed E-state index contributed by atoms with van der Waals surface area (Å²) in [4.78, 5) is 0.702. The van der Waals surface area contributed by atoms with E-state index in [1.54, 1.807) is 30.9 Å². The molecular formula is C18H21NO3S. The third kappa shape index (κ3) is 3.26. The van der Waals surface area contributed by atoms with Gasteiger partial charge < -0.3 is 9.52 Å². The van der Waals surface area contributed by atoms with Crippen LogP contribution in [0.4, 0.5) is 0 Å². The molecule has 0 saturated heterocycles. The normalized spacial score (nSPS) is 23.6. The molecule has 23 heavy (non-hydrogen) atoms. The van der Waals surface area contributed by atoms with E-state index >= 15 is 0 Å². The molecule has 3 rings (SSSR count). The van der Waals surface area contributed by atoms with Crippen molar-refractivity contribution in [1.82, 2.24) is 0 Å². The van der Waals surface area contributed by atoms with Crippen LogP contribution in [0.1, 0.15) is 31.1 Å². The second-order valence-electron chi connectivity index (χ2n) is 5.72. The highest BCUT2D eigenvalue weighted by Crippen LogP contribution is 2.41. The van der Waals surface area contributed by atoms with Gasteiger partial charge in [-0.3, -0.25) is 0 Å². The summed E-state index contributed by atoms with van der Waals surface area (Å²) in [7, 11) is -1.02. The zero-order valence-corrected chi connectivity index (χ0v) is 13.9. The Morgan fingerprint density at radius 3 is 2.74 bits per heavy atom. The van der Waals surface area contributed by atoms with Crippen LogP contribution in [0.2, 0.25) is 0 Å². The van der Waals surface area contributed by atoms with Crippen LogP contribution >= 0.6 is 0 Å². The van der Waals surface area contributed by atoms with Crippen molar-refractivity contribution in [3.63, 3.8) is 0 Å². The molecule has 0 bridgehead atoms. The van der Waals surface area contributed by atoms with Crippen LogP contribution in [0.5, 0.6) is 0 Å². The summed E-state index contributed by atoms with van der Waals surface area (Å²) >= 11 is 0. The predicted molar refractivity (Wildman–Crippen MR) is 90.3 cm³/mol. The first-order chi connectivity index (χ1) is 11.1. The fraction of sp³-hybridized carbons (Fsp3) is 0.333. The summed E-state index contributed by atoms with van der Waals surface area (Å²) in [6, 6.07) is 12.8. The van der Waals surface area contributed by atoms with Gasteiger partial charge in [0.05, 0.1) is 20.9 Å².